The molecule has 0 atom stereocenters. The summed E-state index contributed by atoms with van der Waals surface area (Å²) in [4.78, 5) is 0.315. The van der Waals surface area contributed by atoms with Gasteiger partial charge in [-0.2, -0.15) is 4.31 Å². The van der Waals surface area contributed by atoms with Crippen molar-refractivity contribution in [3.8, 4) is 0 Å². The summed E-state index contributed by atoms with van der Waals surface area (Å²) in [7, 11) is -2.04. The molecule has 0 heterocycles. The van der Waals surface area contributed by atoms with Crippen molar-refractivity contribution in [3.63, 3.8) is 0 Å². The van der Waals surface area contributed by atoms with Gasteiger partial charge >= 0.3 is 0 Å². The molecular formula is C15H26N2O3S. The van der Waals surface area contributed by atoms with Gasteiger partial charge in [-0.3, -0.25) is 0 Å². The van der Waals surface area contributed by atoms with Gasteiger partial charge in [0, 0.05) is 25.4 Å². The van der Waals surface area contributed by atoms with Gasteiger partial charge in [-0.05, 0) is 51.3 Å². The third-order valence-electron chi connectivity index (χ3n) is 3.62. The Hall–Kier alpha value is -1.11. The van der Waals surface area contributed by atoms with Gasteiger partial charge in [0.05, 0.1) is 11.5 Å². The largest absolute Gasteiger partial charge is 0.398 e. The summed E-state index contributed by atoms with van der Waals surface area (Å²) in [6.07, 6.45) is 0. The lowest BCUT2D eigenvalue weighted by molar-refractivity contribution is 0.171. The standard InChI is InChI=1S/C15H26N2O3S/c1-10(2)17(7-8-20-6)21(18,19)15-12(4)9-11(3)14(16)13(15)5/h9-10H,7-8,16H2,1-6H3. The predicted molar refractivity (Wildman–Crippen MR) is 86.0 cm³/mol. The normalized spacial score (nSPS) is 12.4. The first-order valence-electron chi connectivity index (χ1n) is 7.01. The minimum atomic E-state index is -3.60. The number of anilines is 1. The van der Waals surface area contributed by atoms with E-state index in [-0.39, 0.29) is 6.04 Å². The van der Waals surface area contributed by atoms with Crippen molar-refractivity contribution >= 4 is 15.7 Å². The fraction of sp³-hybridized carbons (Fsp3) is 0.600. The van der Waals surface area contributed by atoms with Crippen LogP contribution < -0.4 is 5.73 Å². The number of nitrogens with zero attached hydrogens (tertiary/aromatic N) is 1. The average Bonchev–Trinajstić information content (AvgIpc) is 2.35. The predicted octanol–water partition coefficient (Wildman–Crippen LogP) is 2.24. The Balaban J connectivity index is 3.45. The molecule has 0 unspecified atom stereocenters. The lowest BCUT2D eigenvalue weighted by Crippen LogP contribution is -2.39. The lowest BCUT2D eigenvalue weighted by atomic mass is 10.1. The molecule has 120 valence electrons. The van der Waals surface area contributed by atoms with Crippen LogP contribution >= 0.6 is 0 Å². The summed E-state index contributed by atoms with van der Waals surface area (Å²) in [5.41, 5.74) is 8.80. The Kier molecular flexibility index (Phi) is 5.78. The number of ether oxygens (including phenoxy) is 1. The maximum Gasteiger partial charge on any atom is 0.243 e. The van der Waals surface area contributed by atoms with E-state index in [2.05, 4.69) is 0 Å². The zero-order chi connectivity index (χ0) is 16.4. The maximum atomic E-state index is 13.0. The molecule has 0 radical (unpaired) electrons. The van der Waals surface area contributed by atoms with Crippen molar-refractivity contribution in [2.45, 2.75) is 45.6 Å². The van der Waals surface area contributed by atoms with Crippen molar-refractivity contribution < 1.29 is 13.2 Å². The average molecular weight is 314 g/mol. The second-order valence-corrected chi connectivity index (χ2v) is 7.41. The number of rotatable bonds is 6. The van der Waals surface area contributed by atoms with Gasteiger partial charge in [0.2, 0.25) is 10.0 Å². The second-order valence-electron chi connectivity index (χ2n) is 5.58. The third kappa shape index (κ3) is 3.56. The van der Waals surface area contributed by atoms with Crippen LogP contribution in [0.5, 0.6) is 0 Å². The van der Waals surface area contributed by atoms with Crippen molar-refractivity contribution in [2.75, 3.05) is 26.0 Å². The van der Waals surface area contributed by atoms with E-state index in [1.165, 1.54) is 4.31 Å². The summed E-state index contributed by atoms with van der Waals surface area (Å²) >= 11 is 0. The molecule has 6 heteroatoms. The number of nitrogen functional groups attached to an aromatic ring is 1. The minimum absolute atomic E-state index is 0.147. The van der Waals surface area contributed by atoms with Gasteiger partial charge in [0.25, 0.3) is 0 Å². The molecule has 1 aromatic carbocycles. The van der Waals surface area contributed by atoms with Gasteiger partial charge in [-0.25, -0.2) is 8.42 Å². The van der Waals surface area contributed by atoms with Crippen molar-refractivity contribution in [1.82, 2.24) is 4.31 Å². The fourth-order valence-corrected chi connectivity index (χ4v) is 4.60. The van der Waals surface area contributed by atoms with E-state index < -0.39 is 10.0 Å². The number of methoxy groups -OCH3 is 1. The van der Waals surface area contributed by atoms with Crippen LogP contribution in [0.3, 0.4) is 0 Å². The zero-order valence-corrected chi connectivity index (χ0v) is 14.5. The van der Waals surface area contributed by atoms with Crippen molar-refractivity contribution in [2.24, 2.45) is 0 Å². The third-order valence-corrected chi connectivity index (χ3v) is 5.98. The van der Waals surface area contributed by atoms with E-state index in [0.29, 0.717) is 29.3 Å². The highest BCUT2D eigenvalue weighted by Crippen LogP contribution is 2.30. The van der Waals surface area contributed by atoms with Gasteiger partial charge < -0.3 is 10.5 Å². The van der Waals surface area contributed by atoms with E-state index >= 15 is 0 Å². The Morgan fingerprint density at radius 1 is 1.24 bits per heavy atom. The van der Waals surface area contributed by atoms with Crippen molar-refractivity contribution in [1.29, 1.82) is 0 Å². The Bertz CT molecular complexity index is 610. The number of benzene rings is 1. The lowest BCUT2D eigenvalue weighted by Gasteiger charge is -2.27. The molecule has 0 saturated heterocycles. The number of nitrogens with two attached hydrogens (primary N) is 1. The number of hydrogen-bond acceptors (Lipinski definition) is 4. The van der Waals surface area contributed by atoms with Crippen LogP contribution in [0.4, 0.5) is 5.69 Å². The molecule has 1 rings (SSSR count). The monoisotopic (exact) mass is 314 g/mol. The Labute approximate surface area is 128 Å². The second kappa shape index (κ2) is 6.77. The van der Waals surface area contributed by atoms with Crippen molar-refractivity contribution in [3.05, 3.63) is 22.8 Å². The van der Waals surface area contributed by atoms with E-state index in [9.17, 15) is 8.42 Å². The first-order valence-corrected chi connectivity index (χ1v) is 8.45. The maximum absolute atomic E-state index is 13.0. The molecule has 2 N–H and O–H groups in total. The molecule has 0 spiro atoms. The van der Waals surface area contributed by atoms with Crippen LogP contribution in [0.2, 0.25) is 0 Å². The highest BCUT2D eigenvalue weighted by Gasteiger charge is 2.30. The number of hydrogen-bond donors (Lipinski definition) is 1. The van der Waals surface area contributed by atoms with Gasteiger partial charge in [-0.1, -0.05) is 6.07 Å². The first kappa shape index (κ1) is 17.9. The molecule has 5 nitrogen and oxygen atoms in total. The molecule has 0 aliphatic carbocycles. The van der Waals surface area contributed by atoms with E-state index in [1.807, 2.05) is 26.8 Å². The van der Waals surface area contributed by atoms with Crippen LogP contribution in [-0.2, 0) is 14.8 Å². The summed E-state index contributed by atoms with van der Waals surface area (Å²) < 4.78 is 32.5. The zero-order valence-electron chi connectivity index (χ0n) is 13.7. The summed E-state index contributed by atoms with van der Waals surface area (Å²) in [5, 5.41) is 0. The van der Waals surface area contributed by atoms with E-state index in [1.54, 1.807) is 21.0 Å². The summed E-state index contributed by atoms with van der Waals surface area (Å²) in [6.45, 7) is 9.85. The molecule has 0 fully saturated rings. The van der Waals surface area contributed by atoms with Gasteiger partial charge in [0.1, 0.15) is 0 Å². The summed E-state index contributed by atoms with van der Waals surface area (Å²) in [5.74, 6) is 0. The molecule has 0 aliphatic rings. The highest BCUT2D eigenvalue weighted by atomic mass is 32.2. The smallest absolute Gasteiger partial charge is 0.243 e. The quantitative estimate of drug-likeness (QED) is 0.817. The van der Waals surface area contributed by atoms with E-state index in [0.717, 1.165) is 11.1 Å². The summed E-state index contributed by atoms with van der Waals surface area (Å²) in [6, 6.07) is 1.68. The molecule has 0 saturated carbocycles. The molecular weight excluding hydrogens is 288 g/mol. The van der Waals surface area contributed by atoms with Crippen LogP contribution in [0.15, 0.2) is 11.0 Å². The Morgan fingerprint density at radius 3 is 2.29 bits per heavy atom. The number of aryl methyl sites for hydroxylation is 2. The minimum Gasteiger partial charge on any atom is -0.398 e. The molecule has 0 aromatic heterocycles. The molecule has 1 aromatic rings. The molecule has 0 amide bonds. The number of sulfonamides is 1. The van der Waals surface area contributed by atoms with Crippen LogP contribution in [0, 0.1) is 20.8 Å². The van der Waals surface area contributed by atoms with Crippen LogP contribution in [-0.4, -0.2) is 39.0 Å². The van der Waals surface area contributed by atoms with Crippen LogP contribution in [0.25, 0.3) is 0 Å². The first-order chi connectivity index (χ1) is 9.64. The van der Waals surface area contributed by atoms with Crippen LogP contribution in [0.1, 0.15) is 30.5 Å². The molecule has 21 heavy (non-hydrogen) atoms. The Morgan fingerprint density at radius 2 is 1.81 bits per heavy atom. The van der Waals surface area contributed by atoms with Gasteiger partial charge in [0.15, 0.2) is 0 Å². The highest BCUT2D eigenvalue weighted by molar-refractivity contribution is 7.89. The molecule has 0 aliphatic heterocycles. The van der Waals surface area contributed by atoms with Gasteiger partial charge in [-0.15, -0.1) is 0 Å². The molecule has 0 bridgehead atoms. The SMILES string of the molecule is COCCN(C(C)C)S(=O)(=O)c1c(C)cc(C)c(N)c1C. The van der Waals surface area contributed by atoms with E-state index in [4.69, 9.17) is 10.5 Å². The topological polar surface area (TPSA) is 72.6 Å². The fourth-order valence-electron chi connectivity index (χ4n) is 2.53.